The molecule has 0 saturated carbocycles. The summed E-state index contributed by atoms with van der Waals surface area (Å²) in [5.41, 5.74) is 2.36. The van der Waals surface area contributed by atoms with Gasteiger partial charge in [0.15, 0.2) is 11.7 Å². The molecule has 4 nitrogen and oxygen atoms in total. The molecule has 140 valence electrons. The molecule has 1 N–H and O–H groups in total. The first kappa shape index (κ1) is 19.2. The Morgan fingerprint density at radius 1 is 1.42 bits per heavy atom. The smallest absolute Gasteiger partial charge is 0.264 e. The van der Waals surface area contributed by atoms with Gasteiger partial charge in [-0.05, 0) is 61.3 Å². The fraction of sp³-hybridized carbons (Fsp3) is 0.500. The largest absolute Gasteiger partial charge is 0.484 e. The highest BCUT2D eigenvalue weighted by molar-refractivity contribution is 7.15. The maximum Gasteiger partial charge on any atom is 0.264 e. The van der Waals surface area contributed by atoms with Crippen LogP contribution >= 0.6 is 22.9 Å². The molecule has 1 aromatic heterocycles. The number of thiazole rings is 1. The molecule has 0 radical (unpaired) electrons. The van der Waals surface area contributed by atoms with Gasteiger partial charge in [-0.1, -0.05) is 32.4 Å². The van der Waals surface area contributed by atoms with Crippen LogP contribution in [0.15, 0.2) is 18.2 Å². The number of carbonyl (C=O) groups excluding carboxylic acids is 1. The van der Waals surface area contributed by atoms with Gasteiger partial charge in [0, 0.05) is 9.90 Å². The molecule has 0 spiro atoms. The van der Waals surface area contributed by atoms with E-state index in [1.54, 1.807) is 23.5 Å². The minimum Gasteiger partial charge on any atom is -0.484 e. The highest BCUT2D eigenvalue weighted by Gasteiger charge is 2.30. The summed E-state index contributed by atoms with van der Waals surface area (Å²) >= 11 is 7.59. The first-order chi connectivity index (χ1) is 12.2. The summed E-state index contributed by atoms with van der Waals surface area (Å²) in [5.74, 6) is 1.10. The number of anilines is 1. The van der Waals surface area contributed by atoms with E-state index >= 15 is 0 Å². The predicted molar refractivity (Wildman–Crippen MR) is 107 cm³/mol. The van der Waals surface area contributed by atoms with Crippen molar-refractivity contribution in [2.45, 2.75) is 47.0 Å². The maximum absolute atomic E-state index is 12.2. The summed E-state index contributed by atoms with van der Waals surface area (Å²) in [6.07, 6.45) is 3.20. The fourth-order valence-electron chi connectivity index (χ4n) is 3.18. The second kappa shape index (κ2) is 7.57. The van der Waals surface area contributed by atoms with E-state index < -0.39 is 0 Å². The molecular formula is C20H25ClN2O2S. The first-order valence-corrected chi connectivity index (χ1v) is 10.1. The zero-order chi connectivity index (χ0) is 18.9. The molecule has 1 heterocycles. The van der Waals surface area contributed by atoms with Crippen molar-refractivity contribution in [3.63, 3.8) is 0 Å². The third-order valence-electron chi connectivity index (χ3n) is 4.91. The second-order valence-electron chi connectivity index (χ2n) is 7.94. The number of nitrogens with one attached hydrogen (secondary N) is 1. The topological polar surface area (TPSA) is 51.2 Å². The van der Waals surface area contributed by atoms with Gasteiger partial charge in [0.05, 0.1) is 5.69 Å². The van der Waals surface area contributed by atoms with Gasteiger partial charge >= 0.3 is 0 Å². The zero-order valence-corrected chi connectivity index (χ0v) is 17.3. The molecule has 3 rings (SSSR count). The molecule has 26 heavy (non-hydrogen) atoms. The van der Waals surface area contributed by atoms with Crippen molar-refractivity contribution in [3.8, 4) is 5.75 Å². The maximum atomic E-state index is 12.2. The number of ether oxygens (including phenoxy) is 1. The number of amides is 1. The van der Waals surface area contributed by atoms with Crippen LogP contribution in [0, 0.1) is 18.3 Å². The van der Waals surface area contributed by atoms with E-state index in [9.17, 15) is 4.79 Å². The van der Waals surface area contributed by atoms with Crippen LogP contribution in [0.1, 0.15) is 43.3 Å². The van der Waals surface area contributed by atoms with E-state index in [1.807, 2.05) is 13.0 Å². The summed E-state index contributed by atoms with van der Waals surface area (Å²) < 4.78 is 5.55. The minimum absolute atomic E-state index is 0.0457. The highest BCUT2D eigenvalue weighted by Crippen LogP contribution is 2.40. The first-order valence-electron chi connectivity index (χ1n) is 8.90. The van der Waals surface area contributed by atoms with Crippen molar-refractivity contribution in [1.82, 2.24) is 4.98 Å². The van der Waals surface area contributed by atoms with Crippen LogP contribution in [0.4, 0.5) is 5.13 Å². The summed E-state index contributed by atoms with van der Waals surface area (Å²) in [6, 6.07) is 5.35. The number of halogens is 1. The van der Waals surface area contributed by atoms with Crippen LogP contribution in [0.5, 0.6) is 5.75 Å². The quantitative estimate of drug-likeness (QED) is 0.770. The van der Waals surface area contributed by atoms with Crippen LogP contribution in [0.3, 0.4) is 0 Å². The molecule has 0 fully saturated rings. The SMILES string of the molecule is Cc1cc(OCC(=O)Nc2nc3c(s2)C[C@H](C(C)(C)C)CC3)ccc1Cl. The van der Waals surface area contributed by atoms with E-state index in [0.717, 1.165) is 30.5 Å². The van der Waals surface area contributed by atoms with Gasteiger partial charge in [-0.2, -0.15) is 0 Å². The molecule has 1 aliphatic rings. The average Bonchev–Trinajstić information content (AvgIpc) is 2.96. The predicted octanol–water partition coefficient (Wildman–Crippen LogP) is 5.27. The lowest BCUT2D eigenvalue weighted by molar-refractivity contribution is -0.118. The summed E-state index contributed by atoms with van der Waals surface area (Å²) in [5, 5.41) is 4.22. The third kappa shape index (κ3) is 4.57. The van der Waals surface area contributed by atoms with Crippen LogP contribution in [-0.2, 0) is 17.6 Å². The molecule has 0 aliphatic heterocycles. The standard InChI is InChI=1S/C20H25ClN2O2S/c1-12-9-14(6-7-15(12)21)25-11-18(24)23-19-22-16-8-5-13(20(2,3)4)10-17(16)26-19/h6-7,9,13H,5,8,10-11H2,1-4H3,(H,22,23,24)/t13-/m1/s1. The second-order valence-corrected chi connectivity index (χ2v) is 9.43. The van der Waals surface area contributed by atoms with Crippen molar-refractivity contribution >= 4 is 34.0 Å². The lowest BCUT2D eigenvalue weighted by Gasteiger charge is -2.33. The van der Waals surface area contributed by atoms with Crippen molar-refractivity contribution in [2.24, 2.45) is 11.3 Å². The Labute approximate surface area is 163 Å². The monoisotopic (exact) mass is 392 g/mol. The van der Waals surface area contributed by atoms with Crippen molar-refractivity contribution in [3.05, 3.63) is 39.4 Å². The number of rotatable bonds is 4. The molecule has 0 bridgehead atoms. The lowest BCUT2D eigenvalue weighted by Crippen LogP contribution is -2.26. The van der Waals surface area contributed by atoms with Gasteiger partial charge in [0.2, 0.25) is 0 Å². The summed E-state index contributed by atoms with van der Waals surface area (Å²) in [7, 11) is 0. The molecule has 0 saturated heterocycles. The van der Waals surface area contributed by atoms with Crippen LogP contribution in [0.25, 0.3) is 0 Å². The van der Waals surface area contributed by atoms with E-state index in [0.29, 0.717) is 27.2 Å². The number of carbonyl (C=O) groups is 1. The number of hydrogen-bond acceptors (Lipinski definition) is 4. The number of hydrogen-bond donors (Lipinski definition) is 1. The van der Waals surface area contributed by atoms with E-state index in [-0.39, 0.29) is 12.5 Å². The van der Waals surface area contributed by atoms with Gasteiger partial charge in [-0.3, -0.25) is 10.1 Å². The molecule has 1 atom stereocenters. The number of benzene rings is 1. The third-order valence-corrected chi connectivity index (χ3v) is 6.37. The fourth-order valence-corrected chi connectivity index (χ4v) is 4.40. The van der Waals surface area contributed by atoms with Gasteiger partial charge in [0.25, 0.3) is 5.91 Å². The van der Waals surface area contributed by atoms with Crippen molar-refractivity contribution < 1.29 is 9.53 Å². The molecule has 1 aromatic carbocycles. The van der Waals surface area contributed by atoms with Crippen molar-refractivity contribution in [1.29, 1.82) is 0 Å². The van der Waals surface area contributed by atoms with Gasteiger partial charge in [-0.25, -0.2) is 4.98 Å². The number of fused-ring (bicyclic) bond motifs is 1. The van der Waals surface area contributed by atoms with Gasteiger partial charge in [-0.15, -0.1) is 11.3 Å². The van der Waals surface area contributed by atoms with Crippen molar-refractivity contribution in [2.75, 3.05) is 11.9 Å². The van der Waals surface area contributed by atoms with E-state index in [1.165, 1.54) is 4.88 Å². The van der Waals surface area contributed by atoms with Crippen LogP contribution < -0.4 is 10.1 Å². The highest BCUT2D eigenvalue weighted by atomic mass is 35.5. The molecule has 6 heteroatoms. The normalized spacial score (nSPS) is 16.9. The Morgan fingerprint density at radius 3 is 2.88 bits per heavy atom. The molecule has 2 aromatic rings. The average molecular weight is 393 g/mol. The Morgan fingerprint density at radius 2 is 2.19 bits per heavy atom. The number of aromatic nitrogens is 1. The molecule has 0 unspecified atom stereocenters. The van der Waals surface area contributed by atoms with E-state index in [2.05, 4.69) is 31.1 Å². The summed E-state index contributed by atoms with van der Waals surface area (Å²) in [6.45, 7) is 8.74. The van der Waals surface area contributed by atoms with Gasteiger partial charge < -0.3 is 4.74 Å². The molecule has 1 aliphatic carbocycles. The Hall–Kier alpha value is -1.59. The Balaban J connectivity index is 1.57. The summed E-state index contributed by atoms with van der Waals surface area (Å²) in [4.78, 5) is 18.1. The number of nitrogens with zero attached hydrogens (tertiary/aromatic N) is 1. The zero-order valence-electron chi connectivity index (χ0n) is 15.7. The lowest BCUT2D eigenvalue weighted by atomic mass is 9.73. The molecule has 1 amide bonds. The Bertz CT molecular complexity index is 811. The van der Waals surface area contributed by atoms with Crippen LogP contribution in [0.2, 0.25) is 5.02 Å². The Kier molecular flexibility index (Phi) is 5.58. The van der Waals surface area contributed by atoms with Gasteiger partial charge in [0.1, 0.15) is 5.75 Å². The number of aryl methyl sites for hydroxylation is 2. The minimum atomic E-state index is -0.198. The molecular weight excluding hydrogens is 368 g/mol. The van der Waals surface area contributed by atoms with E-state index in [4.69, 9.17) is 16.3 Å². The van der Waals surface area contributed by atoms with Crippen LogP contribution in [-0.4, -0.2) is 17.5 Å².